The van der Waals surface area contributed by atoms with Crippen molar-refractivity contribution in [2.24, 2.45) is 0 Å². The van der Waals surface area contributed by atoms with Crippen LogP contribution in [0.15, 0.2) is 273 Å². The summed E-state index contributed by atoms with van der Waals surface area (Å²) in [4.78, 5) is 2.37. The minimum absolute atomic E-state index is 0.613. The molecule has 0 saturated carbocycles. The van der Waals surface area contributed by atoms with Crippen molar-refractivity contribution in [3.63, 3.8) is 0 Å². The second-order valence-electron chi connectivity index (χ2n) is 18.7. The van der Waals surface area contributed by atoms with E-state index in [1.54, 1.807) is 0 Å². The first-order valence-corrected chi connectivity index (χ1v) is 24.5. The Morgan fingerprint density at radius 3 is 1.14 bits per heavy atom. The molecule has 2 aliphatic rings. The van der Waals surface area contributed by atoms with Crippen LogP contribution >= 0.6 is 0 Å². The monoisotopic (exact) mass is 903 g/mol. The molecule has 0 saturated heterocycles. The molecule has 0 radical (unpaired) electrons. The highest BCUT2D eigenvalue weighted by Crippen LogP contribution is 2.65. The molecule has 1 aliphatic heterocycles. The van der Waals surface area contributed by atoms with Crippen molar-refractivity contribution < 1.29 is 4.74 Å². The number of benzene rings is 12. The first-order valence-electron chi connectivity index (χ1n) is 24.5. The molecule has 0 fully saturated rings. The normalized spacial score (nSPS) is 12.7. The van der Waals surface area contributed by atoms with Crippen molar-refractivity contribution >= 4 is 38.6 Å². The van der Waals surface area contributed by atoms with Gasteiger partial charge in [0.25, 0.3) is 0 Å². The number of ether oxygens (including phenoxy) is 1. The van der Waals surface area contributed by atoms with Crippen LogP contribution < -0.4 is 9.64 Å². The summed E-state index contributed by atoms with van der Waals surface area (Å²) in [5, 5.41) is 4.56. The molecule has 2 heteroatoms. The fraction of sp³-hybridized carbons (Fsp3) is 0.0145. The van der Waals surface area contributed by atoms with Gasteiger partial charge < -0.3 is 9.64 Å². The summed E-state index contributed by atoms with van der Waals surface area (Å²) in [6.45, 7) is 0. The molecule has 0 unspecified atom stereocenters. The SMILES string of the molecule is c1ccc(-c2ccc(-c3ccc(N(c4ccc(-c5ccccc5)cc4)c4ccc(-c5cccc6c5-c5ccccc5C65c6ccc7ccccc7c6Oc6c5ccc5ccccc65)cc4)cc3)cc2)cc1. The first kappa shape index (κ1) is 40.8. The molecule has 12 aromatic carbocycles. The van der Waals surface area contributed by atoms with E-state index in [-0.39, 0.29) is 0 Å². The fourth-order valence-electron chi connectivity index (χ4n) is 11.7. The maximum absolute atomic E-state index is 7.22. The molecular weight excluding hydrogens is 859 g/mol. The summed E-state index contributed by atoms with van der Waals surface area (Å²) in [5.41, 5.74) is 19.6. The molecule has 0 amide bonds. The van der Waals surface area contributed by atoms with Crippen LogP contribution in [0.1, 0.15) is 22.3 Å². The summed E-state index contributed by atoms with van der Waals surface area (Å²) >= 11 is 0. The number of anilines is 3. The standard InChI is InChI=1S/C69H45NO/c1-3-14-46(15-4-1)48-26-28-49(29-27-48)51-32-40-56(41-33-51)70(55-38-30-50(31-39-55)47-16-5-2-6-17-47)57-42-34-54(35-43-57)58-23-13-25-63-66(58)61-22-11-12-24-62(61)69(63)64-44-36-52-18-7-9-20-59(52)67(64)71-68-60-21-10-8-19-53(60)37-45-65(68)69/h1-45H. The van der Waals surface area contributed by atoms with Gasteiger partial charge >= 0.3 is 0 Å². The second-order valence-corrected chi connectivity index (χ2v) is 18.7. The van der Waals surface area contributed by atoms with Gasteiger partial charge in [0.1, 0.15) is 11.5 Å². The smallest absolute Gasteiger partial charge is 0.140 e. The predicted octanol–water partition coefficient (Wildman–Crippen LogP) is 18.6. The number of nitrogens with zero attached hydrogens (tertiary/aromatic N) is 1. The van der Waals surface area contributed by atoms with Crippen LogP contribution in [0.4, 0.5) is 17.1 Å². The van der Waals surface area contributed by atoms with Crippen LogP contribution in [0, 0.1) is 0 Å². The van der Waals surface area contributed by atoms with Crippen LogP contribution in [-0.2, 0) is 5.41 Å². The molecule has 0 bridgehead atoms. The fourth-order valence-corrected chi connectivity index (χ4v) is 11.7. The highest BCUT2D eigenvalue weighted by molar-refractivity contribution is 6.02. The molecule has 71 heavy (non-hydrogen) atoms. The number of fused-ring (bicyclic) bond motifs is 13. The maximum atomic E-state index is 7.22. The Morgan fingerprint density at radius 1 is 0.254 bits per heavy atom. The van der Waals surface area contributed by atoms with Gasteiger partial charge in [-0.3, -0.25) is 0 Å². The quantitative estimate of drug-likeness (QED) is 0.158. The van der Waals surface area contributed by atoms with E-state index in [0.717, 1.165) is 55.7 Å². The van der Waals surface area contributed by atoms with E-state index in [2.05, 4.69) is 278 Å². The number of hydrogen-bond donors (Lipinski definition) is 0. The van der Waals surface area contributed by atoms with E-state index >= 15 is 0 Å². The van der Waals surface area contributed by atoms with Crippen LogP contribution in [0.3, 0.4) is 0 Å². The van der Waals surface area contributed by atoms with E-state index in [1.165, 1.54) is 72.3 Å². The van der Waals surface area contributed by atoms with Gasteiger partial charge in [0.15, 0.2) is 0 Å². The lowest BCUT2D eigenvalue weighted by Gasteiger charge is -2.40. The van der Waals surface area contributed by atoms with Gasteiger partial charge in [0.2, 0.25) is 0 Å². The molecular formula is C69H45NO. The first-order chi connectivity index (χ1) is 35.2. The van der Waals surface area contributed by atoms with Gasteiger partial charge in [0.05, 0.1) is 5.41 Å². The summed E-state index contributed by atoms with van der Waals surface area (Å²) in [7, 11) is 0. The highest BCUT2D eigenvalue weighted by Gasteiger charge is 2.52. The van der Waals surface area contributed by atoms with E-state index in [0.29, 0.717) is 0 Å². The molecule has 0 N–H and O–H groups in total. The predicted molar refractivity (Wildman–Crippen MR) is 295 cm³/mol. The van der Waals surface area contributed by atoms with E-state index in [9.17, 15) is 0 Å². The molecule has 12 aromatic rings. The molecule has 14 rings (SSSR count). The van der Waals surface area contributed by atoms with Crippen molar-refractivity contribution in [3.8, 4) is 67.1 Å². The van der Waals surface area contributed by atoms with E-state index in [1.807, 2.05) is 0 Å². The molecule has 1 aliphatic carbocycles. The molecule has 0 aromatic heterocycles. The van der Waals surface area contributed by atoms with Gasteiger partial charge in [-0.05, 0) is 114 Å². The van der Waals surface area contributed by atoms with E-state index in [4.69, 9.17) is 4.74 Å². The Kier molecular flexibility index (Phi) is 9.47. The Hall–Kier alpha value is -9.24. The zero-order valence-electron chi connectivity index (χ0n) is 38.8. The highest BCUT2D eigenvalue weighted by atomic mass is 16.5. The third-order valence-electron chi connectivity index (χ3n) is 15.0. The average molecular weight is 904 g/mol. The maximum Gasteiger partial charge on any atom is 0.140 e. The molecule has 1 spiro atoms. The Bertz CT molecular complexity index is 3890. The van der Waals surface area contributed by atoms with Crippen molar-refractivity contribution in [3.05, 3.63) is 295 Å². The topological polar surface area (TPSA) is 12.5 Å². The third kappa shape index (κ3) is 6.49. The minimum atomic E-state index is -0.613. The van der Waals surface area contributed by atoms with Crippen molar-refractivity contribution in [1.29, 1.82) is 0 Å². The van der Waals surface area contributed by atoms with E-state index < -0.39 is 5.41 Å². The third-order valence-corrected chi connectivity index (χ3v) is 15.0. The summed E-state index contributed by atoms with van der Waals surface area (Å²) in [5.74, 6) is 1.85. The lowest BCUT2D eigenvalue weighted by Crippen LogP contribution is -2.32. The molecule has 0 atom stereocenters. The Morgan fingerprint density at radius 2 is 0.634 bits per heavy atom. The lowest BCUT2D eigenvalue weighted by atomic mass is 9.65. The van der Waals surface area contributed by atoms with Crippen LogP contribution in [0.5, 0.6) is 11.5 Å². The van der Waals surface area contributed by atoms with Gasteiger partial charge in [-0.25, -0.2) is 0 Å². The summed E-state index contributed by atoms with van der Waals surface area (Å²) in [6, 6.07) is 99.5. The largest absolute Gasteiger partial charge is 0.455 e. The van der Waals surface area contributed by atoms with Crippen LogP contribution in [-0.4, -0.2) is 0 Å². The number of rotatable bonds is 7. The van der Waals surface area contributed by atoms with Crippen molar-refractivity contribution in [2.45, 2.75) is 5.41 Å². The van der Waals surface area contributed by atoms with Crippen molar-refractivity contribution in [2.75, 3.05) is 4.90 Å². The average Bonchev–Trinajstić information content (AvgIpc) is 3.74. The molecule has 1 heterocycles. The van der Waals surface area contributed by atoms with Crippen LogP contribution in [0.2, 0.25) is 0 Å². The van der Waals surface area contributed by atoms with Gasteiger partial charge in [-0.2, -0.15) is 0 Å². The Labute approximate surface area is 414 Å². The van der Waals surface area contributed by atoms with Gasteiger partial charge in [-0.15, -0.1) is 0 Å². The molecule has 332 valence electrons. The second kappa shape index (κ2) is 16.5. The van der Waals surface area contributed by atoms with Gasteiger partial charge in [-0.1, -0.05) is 237 Å². The Balaban J connectivity index is 0.895. The van der Waals surface area contributed by atoms with Gasteiger partial charge in [0, 0.05) is 39.0 Å². The number of hydrogen-bond acceptors (Lipinski definition) is 2. The van der Waals surface area contributed by atoms with Crippen LogP contribution in [0.25, 0.3) is 77.2 Å². The summed E-state index contributed by atoms with van der Waals surface area (Å²) in [6.07, 6.45) is 0. The van der Waals surface area contributed by atoms with Crippen molar-refractivity contribution in [1.82, 2.24) is 0 Å². The lowest BCUT2D eigenvalue weighted by molar-refractivity contribution is 0.447. The molecule has 2 nitrogen and oxygen atoms in total. The minimum Gasteiger partial charge on any atom is -0.455 e. The zero-order chi connectivity index (χ0) is 46.9. The zero-order valence-corrected chi connectivity index (χ0v) is 38.8. The summed E-state index contributed by atoms with van der Waals surface area (Å²) < 4.78 is 7.22.